The normalized spacial score (nSPS) is 14.5. The molecule has 1 aromatic rings. The molecule has 0 spiro atoms. The molecule has 1 heterocycles. The monoisotopic (exact) mass is 348 g/mol. The van der Waals surface area contributed by atoms with Gasteiger partial charge in [0.2, 0.25) is 17.7 Å². The van der Waals surface area contributed by atoms with Gasteiger partial charge in [-0.3, -0.25) is 19.4 Å². The summed E-state index contributed by atoms with van der Waals surface area (Å²) in [5, 5.41) is 14.2. The molecule has 1 aromatic heterocycles. The number of aliphatic hydroxyl groups is 1. The molecule has 5 N–H and O–H groups in total. The van der Waals surface area contributed by atoms with E-state index in [2.05, 4.69) is 15.6 Å². The molecule has 0 aliphatic carbocycles. The van der Waals surface area contributed by atoms with Crippen LogP contribution in [-0.4, -0.2) is 46.5 Å². The average Bonchev–Trinajstić information content (AvgIpc) is 2.62. The number of carbonyl (C=O) groups is 3. The van der Waals surface area contributed by atoms with Crippen molar-refractivity contribution in [2.75, 3.05) is 6.61 Å². The Hall–Kier alpha value is -2.74. The van der Waals surface area contributed by atoms with Crippen molar-refractivity contribution in [1.82, 2.24) is 15.6 Å². The zero-order valence-corrected chi connectivity index (χ0v) is 14.3. The first-order valence-corrected chi connectivity index (χ1v) is 7.98. The van der Waals surface area contributed by atoms with Gasteiger partial charge in [0.15, 0.2) is 0 Å². The highest BCUT2D eigenvalue weighted by molar-refractivity contribution is 5.96. The molecule has 3 amide bonds. The van der Waals surface area contributed by atoms with Gasteiger partial charge in [-0.1, -0.05) is 26.3 Å². The van der Waals surface area contributed by atoms with Crippen LogP contribution in [0.4, 0.5) is 0 Å². The number of hydrogen-bond acceptors (Lipinski definition) is 5. The lowest BCUT2D eigenvalue weighted by Gasteiger charge is -2.23. The quantitative estimate of drug-likeness (QED) is 0.450. The largest absolute Gasteiger partial charge is 0.394 e. The number of aliphatic hydroxyl groups excluding tert-OH is 1. The Balaban J connectivity index is 2.67. The molecule has 8 nitrogen and oxygen atoms in total. The maximum Gasteiger partial charge on any atom is 0.245 e. The van der Waals surface area contributed by atoms with Crippen molar-refractivity contribution in [3.8, 4) is 0 Å². The summed E-state index contributed by atoms with van der Waals surface area (Å²) in [6.07, 6.45) is 6.57. The molecule has 0 bridgehead atoms. The number of aromatic nitrogens is 1. The van der Waals surface area contributed by atoms with Crippen LogP contribution in [0.15, 0.2) is 30.6 Å². The van der Waals surface area contributed by atoms with Gasteiger partial charge in [0.25, 0.3) is 0 Å². The summed E-state index contributed by atoms with van der Waals surface area (Å²) in [5.74, 6) is -2.06. The Bertz CT molecular complexity index is 618. The SMILES string of the molecule is CC[C@H](C)[C@H](NC(=O)[C@H](CO)NC(=O)/C=C/c1cccnc1)C(N)=O. The summed E-state index contributed by atoms with van der Waals surface area (Å²) >= 11 is 0. The molecule has 0 radical (unpaired) electrons. The summed E-state index contributed by atoms with van der Waals surface area (Å²) in [6, 6.07) is 1.43. The highest BCUT2D eigenvalue weighted by atomic mass is 16.3. The number of nitrogens with zero attached hydrogens (tertiary/aromatic N) is 1. The van der Waals surface area contributed by atoms with Gasteiger partial charge >= 0.3 is 0 Å². The van der Waals surface area contributed by atoms with Crippen molar-refractivity contribution < 1.29 is 19.5 Å². The molecule has 136 valence electrons. The van der Waals surface area contributed by atoms with Crippen LogP contribution in [0.2, 0.25) is 0 Å². The van der Waals surface area contributed by atoms with Gasteiger partial charge in [0.1, 0.15) is 12.1 Å². The van der Waals surface area contributed by atoms with Crippen molar-refractivity contribution in [2.24, 2.45) is 11.7 Å². The number of nitrogens with one attached hydrogen (secondary N) is 2. The van der Waals surface area contributed by atoms with Crippen LogP contribution in [0, 0.1) is 5.92 Å². The van der Waals surface area contributed by atoms with Crippen molar-refractivity contribution in [3.63, 3.8) is 0 Å². The zero-order chi connectivity index (χ0) is 18.8. The Morgan fingerprint density at radius 2 is 2.08 bits per heavy atom. The number of rotatable bonds is 9. The first-order chi connectivity index (χ1) is 11.9. The average molecular weight is 348 g/mol. The van der Waals surface area contributed by atoms with Gasteiger partial charge < -0.3 is 21.5 Å². The van der Waals surface area contributed by atoms with Gasteiger partial charge in [-0.05, 0) is 23.6 Å². The van der Waals surface area contributed by atoms with Crippen molar-refractivity contribution in [2.45, 2.75) is 32.4 Å². The molecular formula is C17H24N4O4. The lowest BCUT2D eigenvalue weighted by Crippen LogP contribution is -2.55. The van der Waals surface area contributed by atoms with E-state index in [-0.39, 0.29) is 5.92 Å². The number of nitrogens with two attached hydrogens (primary N) is 1. The summed E-state index contributed by atoms with van der Waals surface area (Å²) in [6.45, 7) is 3.03. The molecule has 0 saturated heterocycles. The second-order valence-corrected chi connectivity index (χ2v) is 5.64. The second kappa shape index (κ2) is 10.2. The molecule has 25 heavy (non-hydrogen) atoms. The Morgan fingerprint density at radius 1 is 1.36 bits per heavy atom. The topological polar surface area (TPSA) is 134 Å². The van der Waals surface area contributed by atoms with E-state index in [0.717, 1.165) is 0 Å². The minimum Gasteiger partial charge on any atom is -0.394 e. The van der Waals surface area contributed by atoms with Crippen LogP contribution in [0.25, 0.3) is 6.08 Å². The fourth-order valence-electron chi connectivity index (χ4n) is 2.04. The minimum atomic E-state index is -1.18. The summed E-state index contributed by atoms with van der Waals surface area (Å²) in [5.41, 5.74) is 6.01. The molecule has 0 fully saturated rings. The highest BCUT2D eigenvalue weighted by Crippen LogP contribution is 2.07. The van der Waals surface area contributed by atoms with Crippen LogP contribution in [0.1, 0.15) is 25.8 Å². The second-order valence-electron chi connectivity index (χ2n) is 5.64. The maximum atomic E-state index is 12.2. The third kappa shape index (κ3) is 6.72. The molecule has 0 saturated carbocycles. The summed E-state index contributed by atoms with van der Waals surface area (Å²) in [4.78, 5) is 39.5. The first-order valence-electron chi connectivity index (χ1n) is 7.98. The Kier molecular flexibility index (Phi) is 8.28. The van der Waals surface area contributed by atoms with Crippen LogP contribution >= 0.6 is 0 Å². The first kappa shape index (κ1) is 20.3. The maximum absolute atomic E-state index is 12.2. The van der Waals surface area contributed by atoms with E-state index in [1.165, 1.54) is 12.2 Å². The fourth-order valence-corrected chi connectivity index (χ4v) is 2.04. The van der Waals surface area contributed by atoms with Gasteiger partial charge in [0, 0.05) is 18.5 Å². The Labute approximate surface area is 146 Å². The molecule has 3 atom stereocenters. The minimum absolute atomic E-state index is 0.165. The lowest BCUT2D eigenvalue weighted by atomic mass is 9.98. The Morgan fingerprint density at radius 3 is 2.60 bits per heavy atom. The number of amides is 3. The van der Waals surface area contributed by atoms with Crippen LogP contribution in [0.3, 0.4) is 0 Å². The third-order valence-electron chi connectivity index (χ3n) is 3.74. The van der Waals surface area contributed by atoms with Crippen LogP contribution in [-0.2, 0) is 14.4 Å². The number of carbonyl (C=O) groups excluding carboxylic acids is 3. The van der Waals surface area contributed by atoms with Crippen LogP contribution in [0.5, 0.6) is 0 Å². The van der Waals surface area contributed by atoms with Crippen LogP contribution < -0.4 is 16.4 Å². The molecule has 0 aliphatic heterocycles. The molecule has 1 rings (SSSR count). The highest BCUT2D eigenvalue weighted by Gasteiger charge is 2.27. The number of pyridine rings is 1. The zero-order valence-electron chi connectivity index (χ0n) is 14.3. The van der Waals surface area contributed by atoms with E-state index >= 15 is 0 Å². The summed E-state index contributed by atoms with van der Waals surface area (Å²) < 4.78 is 0. The molecule has 8 heteroatoms. The fraction of sp³-hybridized carbons (Fsp3) is 0.412. The lowest BCUT2D eigenvalue weighted by molar-refractivity contribution is -0.132. The third-order valence-corrected chi connectivity index (χ3v) is 3.74. The summed E-state index contributed by atoms with van der Waals surface area (Å²) in [7, 11) is 0. The molecule has 0 unspecified atom stereocenters. The number of primary amides is 1. The predicted molar refractivity (Wildman–Crippen MR) is 92.9 cm³/mol. The smallest absolute Gasteiger partial charge is 0.245 e. The van der Waals surface area contributed by atoms with Crippen molar-refractivity contribution in [3.05, 3.63) is 36.2 Å². The standard InChI is InChI=1S/C17H24N4O4/c1-3-11(2)15(16(18)24)21-17(25)13(10-22)20-14(23)7-6-12-5-4-8-19-9-12/h4-9,11,13,15,22H,3,10H2,1-2H3,(H2,18,24)(H,20,23)(H,21,25)/b7-6+/t11-,13-,15-/m0/s1. The van der Waals surface area contributed by atoms with E-state index in [4.69, 9.17) is 5.73 Å². The molecule has 0 aliphatic rings. The van der Waals surface area contributed by atoms with Gasteiger partial charge in [-0.15, -0.1) is 0 Å². The predicted octanol–water partition coefficient (Wildman–Crippen LogP) is -0.412. The van der Waals surface area contributed by atoms with E-state index in [0.29, 0.717) is 12.0 Å². The van der Waals surface area contributed by atoms with Gasteiger partial charge in [-0.2, -0.15) is 0 Å². The number of hydrogen-bond donors (Lipinski definition) is 4. The van der Waals surface area contributed by atoms with E-state index < -0.39 is 36.4 Å². The van der Waals surface area contributed by atoms with Gasteiger partial charge in [-0.25, -0.2) is 0 Å². The van der Waals surface area contributed by atoms with E-state index in [9.17, 15) is 19.5 Å². The molecule has 0 aromatic carbocycles. The van der Waals surface area contributed by atoms with Crippen molar-refractivity contribution in [1.29, 1.82) is 0 Å². The van der Waals surface area contributed by atoms with Crippen molar-refractivity contribution >= 4 is 23.8 Å². The van der Waals surface area contributed by atoms with E-state index in [1.54, 1.807) is 31.5 Å². The van der Waals surface area contributed by atoms with E-state index in [1.807, 2.05) is 6.92 Å². The molecular weight excluding hydrogens is 324 g/mol. The van der Waals surface area contributed by atoms with Gasteiger partial charge in [0.05, 0.1) is 6.61 Å².